The van der Waals surface area contributed by atoms with Crippen molar-refractivity contribution in [2.24, 2.45) is 5.73 Å². The molecule has 3 fully saturated rings. The summed E-state index contributed by atoms with van der Waals surface area (Å²) in [7, 11) is 0. The van der Waals surface area contributed by atoms with E-state index in [-0.39, 0.29) is 0 Å². The summed E-state index contributed by atoms with van der Waals surface area (Å²) in [4.78, 5) is 5.22. The van der Waals surface area contributed by atoms with E-state index in [0.29, 0.717) is 12.1 Å². The van der Waals surface area contributed by atoms with Crippen LogP contribution >= 0.6 is 0 Å². The number of nitrogens with zero attached hydrogens (tertiary/aromatic N) is 2. The lowest BCUT2D eigenvalue weighted by molar-refractivity contribution is 0.00112. The highest BCUT2D eigenvalue weighted by atomic mass is 15.3. The number of rotatable bonds is 8. The number of piperazine rings is 3. The molecule has 2 N–H and O–H groups in total. The number of hydrogen-bond acceptors (Lipinski definition) is 3. The molecule has 0 aromatic heterocycles. The molecule has 0 saturated carbocycles. The maximum atomic E-state index is 6.41. The fourth-order valence-electron chi connectivity index (χ4n) is 3.42. The molecule has 0 aliphatic carbocycles. The lowest BCUT2D eigenvalue weighted by Gasteiger charge is -2.49. The quantitative estimate of drug-likeness (QED) is 0.672. The van der Waals surface area contributed by atoms with Gasteiger partial charge in [-0.05, 0) is 6.42 Å². The molecule has 2 bridgehead atoms. The zero-order chi connectivity index (χ0) is 12.8. The number of fused-ring (bicyclic) bond motifs is 3. The van der Waals surface area contributed by atoms with Crippen molar-refractivity contribution in [3.63, 3.8) is 0 Å². The lowest BCUT2D eigenvalue weighted by Crippen LogP contribution is -2.65. The Hall–Kier alpha value is -0.120. The minimum Gasteiger partial charge on any atom is -0.326 e. The van der Waals surface area contributed by atoms with Crippen molar-refractivity contribution in [3.8, 4) is 0 Å². The molecule has 0 spiro atoms. The Labute approximate surface area is 113 Å². The normalized spacial score (nSPS) is 32.7. The van der Waals surface area contributed by atoms with Crippen molar-refractivity contribution < 1.29 is 0 Å². The van der Waals surface area contributed by atoms with Crippen LogP contribution in [0.15, 0.2) is 0 Å². The average Bonchev–Trinajstić information content (AvgIpc) is 2.43. The second kappa shape index (κ2) is 7.46. The van der Waals surface area contributed by atoms with Crippen molar-refractivity contribution in [3.05, 3.63) is 0 Å². The Balaban J connectivity index is 1.58. The molecule has 3 saturated heterocycles. The third kappa shape index (κ3) is 3.94. The second-order valence-corrected chi connectivity index (χ2v) is 6.12. The molecule has 106 valence electrons. The van der Waals surface area contributed by atoms with E-state index in [1.165, 1.54) is 77.7 Å². The van der Waals surface area contributed by atoms with E-state index in [4.69, 9.17) is 5.73 Å². The average molecular weight is 253 g/mol. The monoisotopic (exact) mass is 253 g/mol. The molecular weight excluding hydrogens is 222 g/mol. The number of nitrogens with two attached hydrogens (primary N) is 1. The largest absolute Gasteiger partial charge is 0.326 e. The van der Waals surface area contributed by atoms with Crippen LogP contribution in [-0.4, -0.2) is 54.6 Å². The van der Waals surface area contributed by atoms with Gasteiger partial charge >= 0.3 is 0 Å². The second-order valence-electron chi connectivity index (χ2n) is 6.12. The predicted octanol–water partition coefficient (Wildman–Crippen LogP) is 2.06. The molecule has 0 amide bonds. The van der Waals surface area contributed by atoms with Gasteiger partial charge in [0.25, 0.3) is 0 Å². The molecular formula is C15H31N3. The molecule has 2 atom stereocenters. The highest BCUT2D eigenvalue weighted by Gasteiger charge is 2.34. The zero-order valence-electron chi connectivity index (χ0n) is 12.1. The first kappa shape index (κ1) is 14.3. The Morgan fingerprint density at radius 3 is 2.28 bits per heavy atom. The summed E-state index contributed by atoms with van der Waals surface area (Å²) < 4.78 is 0. The fraction of sp³-hybridized carbons (Fsp3) is 1.00. The Bertz CT molecular complexity index is 224. The van der Waals surface area contributed by atoms with E-state index in [0.717, 1.165) is 0 Å². The van der Waals surface area contributed by atoms with E-state index in [2.05, 4.69) is 16.7 Å². The van der Waals surface area contributed by atoms with Gasteiger partial charge in [0, 0.05) is 44.8 Å². The third-order valence-corrected chi connectivity index (χ3v) is 4.71. The maximum absolute atomic E-state index is 6.41. The first-order valence-corrected chi connectivity index (χ1v) is 8.03. The molecule has 3 aliphatic rings. The van der Waals surface area contributed by atoms with Gasteiger partial charge < -0.3 is 5.73 Å². The molecule has 0 radical (unpaired) electrons. The van der Waals surface area contributed by atoms with E-state index >= 15 is 0 Å². The molecule has 3 rings (SSSR count). The van der Waals surface area contributed by atoms with Gasteiger partial charge in [0.15, 0.2) is 0 Å². The lowest BCUT2D eigenvalue weighted by atomic mass is 9.96. The van der Waals surface area contributed by atoms with Crippen LogP contribution in [0.25, 0.3) is 0 Å². The summed E-state index contributed by atoms with van der Waals surface area (Å²) in [6.45, 7) is 8.51. The van der Waals surface area contributed by atoms with Crippen molar-refractivity contribution >= 4 is 0 Å². The van der Waals surface area contributed by atoms with Gasteiger partial charge in [-0.25, -0.2) is 0 Å². The van der Waals surface area contributed by atoms with E-state index in [1.807, 2.05) is 0 Å². The summed E-state index contributed by atoms with van der Waals surface area (Å²) in [5.41, 5.74) is 6.41. The Kier molecular flexibility index (Phi) is 5.93. The third-order valence-electron chi connectivity index (χ3n) is 4.71. The Morgan fingerprint density at radius 2 is 1.67 bits per heavy atom. The zero-order valence-corrected chi connectivity index (χ0v) is 12.1. The van der Waals surface area contributed by atoms with E-state index in [9.17, 15) is 0 Å². The van der Waals surface area contributed by atoms with Crippen molar-refractivity contribution in [2.75, 3.05) is 32.7 Å². The first-order valence-electron chi connectivity index (χ1n) is 8.03. The summed E-state index contributed by atoms with van der Waals surface area (Å²) in [6, 6.07) is 1.04. The predicted molar refractivity (Wildman–Crippen MR) is 77.8 cm³/mol. The van der Waals surface area contributed by atoms with E-state index < -0.39 is 0 Å². The van der Waals surface area contributed by atoms with Crippen molar-refractivity contribution in [1.82, 2.24) is 9.80 Å². The Morgan fingerprint density at radius 1 is 1.00 bits per heavy atom. The van der Waals surface area contributed by atoms with Crippen LogP contribution in [0.2, 0.25) is 0 Å². The number of hydrogen-bond donors (Lipinski definition) is 1. The van der Waals surface area contributed by atoms with Gasteiger partial charge in [0.05, 0.1) is 0 Å². The van der Waals surface area contributed by atoms with E-state index in [1.54, 1.807) is 0 Å². The SMILES string of the molecule is CCCCCCCCC(N)C1CN2CCN1CC2. The van der Waals surface area contributed by atoms with Gasteiger partial charge in [-0.1, -0.05) is 45.4 Å². The molecule has 0 aromatic rings. The van der Waals surface area contributed by atoms with Crippen LogP contribution < -0.4 is 5.73 Å². The van der Waals surface area contributed by atoms with Gasteiger partial charge in [0.2, 0.25) is 0 Å². The minimum absolute atomic E-state index is 0.402. The molecule has 3 heterocycles. The van der Waals surface area contributed by atoms with Gasteiger partial charge in [0.1, 0.15) is 0 Å². The summed E-state index contributed by atoms with van der Waals surface area (Å²) in [5, 5.41) is 0. The smallest absolute Gasteiger partial charge is 0.0375 e. The van der Waals surface area contributed by atoms with Gasteiger partial charge in [-0.2, -0.15) is 0 Å². The highest BCUT2D eigenvalue weighted by Crippen LogP contribution is 2.20. The number of unbranched alkanes of at least 4 members (excludes halogenated alkanes) is 5. The molecule has 3 nitrogen and oxygen atoms in total. The molecule has 0 aromatic carbocycles. The van der Waals surface area contributed by atoms with Crippen molar-refractivity contribution in [2.45, 2.75) is 64.0 Å². The highest BCUT2D eigenvalue weighted by molar-refractivity contribution is 4.93. The standard InChI is InChI=1S/C15H31N3/c1-2-3-4-5-6-7-8-14(16)15-13-17-9-11-18(15)12-10-17/h14-15H,2-13,16H2,1H3. The van der Waals surface area contributed by atoms with Crippen LogP contribution in [0.5, 0.6) is 0 Å². The van der Waals surface area contributed by atoms with Crippen LogP contribution in [0, 0.1) is 0 Å². The summed E-state index contributed by atoms with van der Waals surface area (Å²) in [5.74, 6) is 0. The molecule has 3 aliphatic heterocycles. The van der Waals surface area contributed by atoms with Crippen LogP contribution in [0.4, 0.5) is 0 Å². The summed E-state index contributed by atoms with van der Waals surface area (Å²) in [6.07, 6.45) is 9.49. The van der Waals surface area contributed by atoms with Crippen LogP contribution in [-0.2, 0) is 0 Å². The minimum atomic E-state index is 0.402. The molecule has 3 heteroatoms. The van der Waals surface area contributed by atoms with Crippen molar-refractivity contribution in [1.29, 1.82) is 0 Å². The summed E-state index contributed by atoms with van der Waals surface area (Å²) >= 11 is 0. The topological polar surface area (TPSA) is 32.5 Å². The molecule has 2 unspecified atom stereocenters. The van der Waals surface area contributed by atoms with Crippen LogP contribution in [0.3, 0.4) is 0 Å². The van der Waals surface area contributed by atoms with Gasteiger partial charge in [-0.3, -0.25) is 9.80 Å². The molecule has 18 heavy (non-hydrogen) atoms. The fourth-order valence-corrected chi connectivity index (χ4v) is 3.42. The van der Waals surface area contributed by atoms with Crippen LogP contribution in [0.1, 0.15) is 51.9 Å². The maximum Gasteiger partial charge on any atom is 0.0375 e. The first-order chi connectivity index (χ1) is 8.81. The van der Waals surface area contributed by atoms with Gasteiger partial charge in [-0.15, -0.1) is 0 Å².